The minimum absolute atomic E-state index is 0.0671. The summed E-state index contributed by atoms with van der Waals surface area (Å²) in [5.41, 5.74) is 2.80. The van der Waals surface area contributed by atoms with Gasteiger partial charge in [0.15, 0.2) is 17.3 Å². The second kappa shape index (κ2) is 14.0. The Morgan fingerprint density at radius 2 is 1.74 bits per heavy atom. The molecule has 0 aliphatic carbocycles. The molecule has 1 N–H and O–H groups in total. The summed E-state index contributed by atoms with van der Waals surface area (Å²) in [6.45, 7) is 5.95. The van der Waals surface area contributed by atoms with Gasteiger partial charge in [-0.2, -0.15) is 8.42 Å². The zero-order chi connectivity index (χ0) is 33.2. The molecule has 10 nitrogen and oxygen atoms in total. The number of benzene rings is 3. The number of halogens is 3. The molecule has 3 aromatic carbocycles. The quantitative estimate of drug-likeness (QED) is 0.140. The molecule has 14 heteroatoms. The number of carbonyl (C=O) groups excluding carboxylic acids is 1. The smallest absolute Gasteiger partial charge is 0.297 e. The maximum atomic E-state index is 14.7. The summed E-state index contributed by atoms with van der Waals surface area (Å²) in [5, 5.41) is 3.40. The molecule has 2 heterocycles. The van der Waals surface area contributed by atoms with E-state index in [1.54, 1.807) is 43.0 Å². The average Bonchev–Trinajstić information content (AvgIpc) is 3.00. The van der Waals surface area contributed by atoms with Crippen molar-refractivity contribution in [3.8, 4) is 11.5 Å². The van der Waals surface area contributed by atoms with Crippen molar-refractivity contribution >= 4 is 61.6 Å². The third-order valence-electron chi connectivity index (χ3n) is 7.71. The number of nitrogens with zero attached hydrogens (tertiary/aromatic N) is 3. The molecule has 0 bridgehead atoms. The third-order valence-corrected chi connectivity index (χ3v) is 10.1. The van der Waals surface area contributed by atoms with Gasteiger partial charge in [0.1, 0.15) is 18.2 Å². The highest BCUT2D eigenvalue weighted by atomic mass is 35.5. The first-order valence-electron chi connectivity index (χ1n) is 14.5. The summed E-state index contributed by atoms with van der Waals surface area (Å²) >= 11 is 11.9. The summed E-state index contributed by atoms with van der Waals surface area (Å²) in [4.78, 5) is 23.3. The van der Waals surface area contributed by atoms with Crippen LogP contribution in [0.5, 0.6) is 11.5 Å². The van der Waals surface area contributed by atoms with E-state index in [0.29, 0.717) is 65.3 Å². The van der Waals surface area contributed by atoms with Crippen molar-refractivity contribution in [1.82, 2.24) is 14.9 Å². The fourth-order valence-electron chi connectivity index (χ4n) is 5.58. The van der Waals surface area contributed by atoms with Gasteiger partial charge < -0.3 is 19.7 Å². The van der Waals surface area contributed by atoms with Crippen LogP contribution < -0.4 is 14.8 Å². The molecule has 4 aromatic rings. The summed E-state index contributed by atoms with van der Waals surface area (Å²) in [5.74, 6) is 0.307. The lowest BCUT2D eigenvalue weighted by molar-refractivity contribution is -0.133. The molecule has 0 radical (unpaired) electrons. The Balaban J connectivity index is 1.21. The van der Waals surface area contributed by atoms with Gasteiger partial charge in [-0.15, -0.1) is 0 Å². The number of aromatic nitrogens is 2. The Morgan fingerprint density at radius 1 is 1.04 bits per heavy atom. The highest BCUT2D eigenvalue weighted by molar-refractivity contribution is 7.86. The number of hydrogen-bond donors (Lipinski definition) is 1. The van der Waals surface area contributed by atoms with Crippen molar-refractivity contribution in [1.29, 1.82) is 0 Å². The number of fused-ring (bicyclic) bond motifs is 1. The third kappa shape index (κ3) is 7.30. The van der Waals surface area contributed by atoms with Gasteiger partial charge >= 0.3 is 0 Å². The first-order chi connectivity index (χ1) is 21.9. The van der Waals surface area contributed by atoms with Crippen molar-refractivity contribution in [2.75, 3.05) is 32.1 Å². The van der Waals surface area contributed by atoms with Gasteiger partial charge in [0.2, 0.25) is 5.91 Å². The second-order valence-corrected chi connectivity index (χ2v) is 13.4. The Morgan fingerprint density at radius 3 is 2.41 bits per heavy atom. The van der Waals surface area contributed by atoms with E-state index < -0.39 is 15.9 Å². The van der Waals surface area contributed by atoms with Crippen molar-refractivity contribution in [2.45, 2.75) is 51.0 Å². The number of likely N-dealkylation sites (tertiary alicyclic amines) is 1. The molecule has 46 heavy (non-hydrogen) atoms. The number of piperidine rings is 1. The number of nitrogens with one attached hydrogen (secondary N) is 1. The van der Waals surface area contributed by atoms with Crippen molar-refractivity contribution in [3.05, 3.63) is 75.3 Å². The van der Waals surface area contributed by atoms with Crippen LogP contribution in [0.4, 0.5) is 15.9 Å². The lowest BCUT2D eigenvalue weighted by Crippen LogP contribution is -2.42. The van der Waals surface area contributed by atoms with Crippen LogP contribution in [0.25, 0.3) is 10.9 Å². The molecule has 1 fully saturated rings. The van der Waals surface area contributed by atoms with E-state index in [1.807, 2.05) is 6.92 Å². The van der Waals surface area contributed by atoms with Gasteiger partial charge in [0, 0.05) is 37.4 Å². The minimum Gasteiger partial charge on any atom is -0.493 e. The first kappa shape index (κ1) is 33.6. The van der Waals surface area contributed by atoms with E-state index in [4.69, 9.17) is 36.9 Å². The van der Waals surface area contributed by atoms with Crippen molar-refractivity contribution in [3.63, 3.8) is 0 Å². The summed E-state index contributed by atoms with van der Waals surface area (Å²) in [6.07, 6.45) is 2.13. The second-order valence-electron chi connectivity index (χ2n) is 11.0. The van der Waals surface area contributed by atoms with Crippen molar-refractivity contribution in [2.24, 2.45) is 0 Å². The summed E-state index contributed by atoms with van der Waals surface area (Å²) in [6, 6.07) is 9.95. The molecule has 1 amide bonds. The lowest BCUT2D eigenvalue weighted by atomic mass is 10.1. The topological polar surface area (TPSA) is 120 Å². The maximum absolute atomic E-state index is 14.7. The Kier molecular flexibility index (Phi) is 10.2. The summed E-state index contributed by atoms with van der Waals surface area (Å²) < 4.78 is 57.5. The summed E-state index contributed by atoms with van der Waals surface area (Å²) in [7, 11) is -2.48. The Hall–Kier alpha value is -3.71. The van der Waals surface area contributed by atoms with Crippen LogP contribution in [0.1, 0.15) is 36.0 Å². The molecule has 0 unspecified atom stereocenters. The van der Waals surface area contributed by atoms with E-state index >= 15 is 0 Å². The molecule has 1 aliphatic heterocycles. The number of amides is 1. The van der Waals surface area contributed by atoms with E-state index in [9.17, 15) is 17.6 Å². The van der Waals surface area contributed by atoms with Gasteiger partial charge in [0.05, 0.1) is 46.3 Å². The molecule has 5 rings (SSSR count). The molecule has 1 aliphatic rings. The van der Waals surface area contributed by atoms with Gasteiger partial charge in [-0.1, -0.05) is 40.9 Å². The molecule has 1 saturated heterocycles. The van der Waals surface area contributed by atoms with E-state index in [-0.39, 0.29) is 45.7 Å². The van der Waals surface area contributed by atoms with E-state index in [1.165, 1.54) is 25.6 Å². The molecule has 1 aromatic heterocycles. The van der Waals surface area contributed by atoms with Crippen LogP contribution in [0.15, 0.2) is 47.6 Å². The zero-order valence-electron chi connectivity index (χ0n) is 25.7. The minimum atomic E-state index is -4.00. The maximum Gasteiger partial charge on any atom is 0.297 e. The highest BCUT2D eigenvalue weighted by Gasteiger charge is 2.27. The van der Waals surface area contributed by atoms with Crippen LogP contribution in [0.2, 0.25) is 10.0 Å². The predicted octanol–water partition coefficient (Wildman–Crippen LogP) is 6.92. The number of methoxy groups -OCH3 is 1. The zero-order valence-corrected chi connectivity index (χ0v) is 28.0. The average molecular weight is 692 g/mol. The Bertz CT molecular complexity index is 1880. The number of carbonyl (C=O) groups is 1. The van der Waals surface area contributed by atoms with Gasteiger partial charge in [0.25, 0.3) is 10.1 Å². The standard InChI is InChI=1S/C32H33Cl2FN4O6S/c1-18-13-19(2)31(20(3)14-18)46(41,42)44-12-9-28(40)39-10-7-21(8-11-39)45-27-15-22-25(16-26(27)43-4)36-17-37-32(22)38-24-6-5-23(33)29(34)30(24)35/h5-6,13-17,21H,7-12H2,1-4H3,(H,36,37,38). The van der Waals surface area contributed by atoms with E-state index in [0.717, 1.165) is 5.56 Å². The van der Waals surface area contributed by atoms with Crippen LogP contribution in [0, 0.1) is 26.6 Å². The fraction of sp³-hybridized carbons (Fsp3) is 0.344. The van der Waals surface area contributed by atoms with Crippen LogP contribution >= 0.6 is 23.2 Å². The fourth-order valence-corrected chi connectivity index (χ4v) is 7.22. The number of aryl methyl sites for hydroxylation is 3. The van der Waals surface area contributed by atoms with Gasteiger partial charge in [-0.3, -0.25) is 8.98 Å². The molecular formula is C32H33Cl2FN4O6S. The molecule has 244 valence electrons. The molecule has 0 saturated carbocycles. The highest BCUT2D eigenvalue weighted by Crippen LogP contribution is 2.37. The van der Waals surface area contributed by atoms with Crippen LogP contribution in [-0.4, -0.2) is 62.1 Å². The molecule has 0 spiro atoms. The number of hydrogen-bond acceptors (Lipinski definition) is 9. The molecule has 0 atom stereocenters. The lowest BCUT2D eigenvalue weighted by Gasteiger charge is -2.32. The predicted molar refractivity (Wildman–Crippen MR) is 174 cm³/mol. The molecular weight excluding hydrogens is 658 g/mol. The first-order valence-corrected chi connectivity index (χ1v) is 16.7. The SMILES string of the molecule is COc1cc2ncnc(Nc3ccc(Cl)c(Cl)c3F)c2cc1OC1CCN(C(=O)CCOS(=O)(=O)c2c(C)cc(C)cc2C)CC1. The van der Waals surface area contributed by atoms with Crippen molar-refractivity contribution < 1.29 is 31.3 Å². The number of anilines is 2. The van der Waals surface area contributed by atoms with Gasteiger partial charge in [-0.05, 0) is 50.1 Å². The monoisotopic (exact) mass is 690 g/mol. The van der Waals surface area contributed by atoms with E-state index in [2.05, 4.69) is 15.3 Å². The van der Waals surface area contributed by atoms with Crippen LogP contribution in [0.3, 0.4) is 0 Å². The van der Waals surface area contributed by atoms with Gasteiger partial charge in [-0.25, -0.2) is 14.4 Å². The largest absolute Gasteiger partial charge is 0.493 e. The number of ether oxygens (including phenoxy) is 2. The van der Waals surface area contributed by atoms with Crippen LogP contribution in [-0.2, 0) is 19.1 Å². The Labute approximate surface area is 276 Å². The number of rotatable bonds is 10. The normalized spacial score (nSPS) is 14.0.